The topological polar surface area (TPSA) is 39.2 Å². The van der Waals surface area contributed by atoms with Crippen LogP contribution in [0.5, 0.6) is 0 Å². The van der Waals surface area contributed by atoms with Crippen molar-refractivity contribution in [3.05, 3.63) is 23.7 Å². The van der Waals surface area contributed by atoms with Crippen molar-refractivity contribution in [3.63, 3.8) is 0 Å². The first-order valence-corrected chi connectivity index (χ1v) is 2.81. The van der Waals surface area contributed by atoms with E-state index in [4.69, 9.17) is 5.73 Å². The number of furan rings is 1. The van der Waals surface area contributed by atoms with Gasteiger partial charge in [0.05, 0.1) is 6.54 Å². The third-order valence-corrected chi connectivity index (χ3v) is 1.10. The van der Waals surface area contributed by atoms with Crippen LogP contribution >= 0.6 is 0 Å². The monoisotopic (exact) mass is 147 g/mol. The van der Waals surface area contributed by atoms with Crippen LogP contribution in [0.1, 0.15) is 17.9 Å². The van der Waals surface area contributed by atoms with Crippen LogP contribution in [0, 0.1) is 0 Å². The van der Waals surface area contributed by atoms with Crippen LogP contribution in [0.25, 0.3) is 0 Å². The molecule has 0 saturated heterocycles. The van der Waals surface area contributed by atoms with Gasteiger partial charge in [0.2, 0.25) is 0 Å². The van der Waals surface area contributed by atoms with Crippen molar-refractivity contribution in [2.45, 2.75) is 13.0 Å². The number of hydrogen-bond donors (Lipinski definition) is 1. The molecule has 0 spiro atoms. The molecule has 0 atom stereocenters. The van der Waals surface area contributed by atoms with Gasteiger partial charge in [0.25, 0.3) is 6.43 Å². The second-order valence-corrected chi connectivity index (χ2v) is 1.81. The normalized spacial score (nSPS) is 10.8. The summed E-state index contributed by atoms with van der Waals surface area (Å²) in [5.74, 6) is 0.0655. The van der Waals surface area contributed by atoms with E-state index < -0.39 is 6.43 Å². The SMILES string of the molecule is NCc1ccc(C(F)F)o1. The zero-order valence-corrected chi connectivity index (χ0v) is 5.18. The molecule has 0 fully saturated rings. The minimum Gasteiger partial charge on any atom is -0.459 e. The molecule has 1 aromatic rings. The fourth-order valence-electron chi connectivity index (χ4n) is 0.621. The Hall–Kier alpha value is -0.900. The Morgan fingerprint density at radius 1 is 1.50 bits per heavy atom. The highest BCUT2D eigenvalue weighted by atomic mass is 19.3. The second-order valence-electron chi connectivity index (χ2n) is 1.81. The molecule has 0 unspecified atom stereocenters. The van der Waals surface area contributed by atoms with Gasteiger partial charge in [0, 0.05) is 0 Å². The summed E-state index contributed by atoms with van der Waals surface area (Å²) < 4.78 is 28.2. The molecule has 1 heterocycles. The Balaban J connectivity index is 2.78. The smallest absolute Gasteiger partial charge is 0.295 e. The summed E-state index contributed by atoms with van der Waals surface area (Å²) in [5, 5.41) is 0. The van der Waals surface area contributed by atoms with E-state index in [2.05, 4.69) is 4.42 Å². The average Bonchev–Trinajstić information content (AvgIpc) is 2.34. The Kier molecular flexibility index (Phi) is 2.01. The molecular weight excluding hydrogens is 140 g/mol. The summed E-state index contributed by atoms with van der Waals surface area (Å²) in [6.45, 7) is 0.159. The van der Waals surface area contributed by atoms with Crippen molar-refractivity contribution < 1.29 is 13.2 Å². The van der Waals surface area contributed by atoms with Crippen LogP contribution in [-0.4, -0.2) is 0 Å². The van der Waals surface area contributed by atoms with Crippen LogP contribution in [0.2, 0.25) is 0 Å². The van der Waals surface area contributed by atoms with Gasteiger partial charge in [0.1, 0.15) is 5.76 Å². The minimum absolute atomic E-state index is 0.159. The van der Waals surface area contributed by atoms with Crippen LogP contribution in [0.3, 0.4) is 0 Å². The van der Waals surface area contributed by atoms with E-state index in [0.717, 1.165) is 0 Å². The third kappa shape index (κ3) is 1.33. The van der Waals surface area contributed by atoms with Crippen molar-refractivity contribution in [1.29, 1.82) is 0 Å². The molecule has 0 saturated carbocycles. The zero-order valence-electron chi connectivity index (χ0n) is 5.18. The van der Waals surface area contributed by atoms with Crippen molar-refractivity contribution >= 4 is 0 Å². The predicted molar refractivity (Wildman–Crippen MR) is 31.6 cm³/mol. The Morgan fingerprint density at radius 2 is 2.20 bits per heavy atom. The first kappa shape index (κ1) is 7.21. The van der Waals surface area contributed by atoms with E-state index in [9.17, 15) is 8.78 Å². The lowest BCUT2D eigenvalue weighted by molar-refractivity contribution is 0.120. The van der Waals surface area contributed by atoms with Gasteiger partial charge >= 0.3 is 0 Å². The highest BCUT2D eigenvalue weighted by Crippen LogP contribution is 2.20. The predicted octanol–water partition coefficient (Wildman–Crippen LogP) is 1.68. The average molecular weight is 147 g/mol. The van der Waals surface area contributed by atoms with Crippen LogP contribution in [0.15, 0.2) is 16.5 Å². The maximum absolute atomic E-state index is 11.8. The zero-order chi connectivity index (χ0) is 7.56. The van der Waals surface area contributed by atoms with Crippen LogP contribution < -0.4 is 5.73 Å². The van der Waals surface area contributed by atoms with Crippen molar-refractivity contribution in [2.24, 2.45) is 5.73 Å². The van der Waals surface area contributed by atoms with Gasteiger partial charge in [-0.3, -0.25) is 0 Å². The van der Waals surface area contributed by atoms with Gasteiger partial charge in [0.15, 0.2) is 5.76 Å². The summed E-state index contributed by atoms with van der Waals surface area (Å²) in [5.41, 5.74) is 5.12. The van der Waals surface area contributed by atoms with Crippen molar-refractivity contribution in [2.75, 3.05) is 0 Å². The van der Waals surface area contributed by atoms with Crippen molar-refractivity contribution in [1.82, 2.24) is 0 Å². The Labute approximate surface area is 56.6 Å². The molecule has 10 heavy (non-hydrogen) atoms. The standard InChI is InChI=1S/C6H7F2NO/c7-6(8)5-2-1-4(3-9)10-5/h1-2,6H,3,9H2. The fraction of sp³-hybridized carbons (Fsp3) is 0.333. The van der Waals surface area contributed by atoms with Crippen molar-refractivity contribution in [3.8, 4) is 0 Å². The second kappa shape index (κ2) is 2.79. The minimum atomic E-state index is -2.54. The molecule has 2 nitrogen and oxygen atoms in total. The molecule has 1 rings (SSSR count). The molecule has 0 aliphatic rings. The number of rotatable bonds is 2. The summed E-state index contributed by atoms with van der Waals surface area (Å²) in [4.78, 5) is 0. The van der Waals surface area contributed by atoms with E-state index in [1.807, 2.05) is 0 Å². The summed E-state index contributed by atoms with van der Waals surface area (Å²) in [6.07, 6.45) is -2.54. The van der Waals surface area contributed by atoms with Crippen LogP contribution in [-0.2, 0) is 6.54 Å². The third-order valence-electron chi connectivity index (χ3n) is 1.10. The molecule has 56 valence electrons. The van der Waals surface area contributed by atoms with E-state index in [1.54, 1.807) is 0 Å². The molecule has 0 bridgehead atoms. The van der Waals surface area contributed by atoms with Gasteiger partial charge < -0.3 is 10.2 Å². The molecule has 0 aliphatic heterocycles. The molecule has 1 aromatic heterocycles. The summed E-state index contributed by atoms with van der Waals surface area (Å²) in [7, 11) is 0. The van der Waals surface area contributed by atoms with E-state index >= 15 is 0 Å². The number of alkyl halides is 2. The van der Waals surface area contributed by atoms with Gasteiger partial charge in [-0.25, -0.2) is 8.78 Å². The maximum Gasteiger partial charge on any atom is 0.295 e. The lowest BCUT2D eigenvalue weighted by Crippen LogP contribution is -1.92. The number of hydrogen-bond acceptors (Lipinski definition) is 2. The lowest BCUT2D eigenvalue weighted by atomic mass is 10.4. The maximum atomic E-state index is 11.8. The Morgan fingerprint density at radius 3 is 2.50 bits per heavy atom. The largest absolute Gasteiger partial charge is 0.459 e. The molecule has 2 N–H and O–H groups in total. The number of halogens is 2. The molecule has 4 heteroatoms. The van der Waals surface area contributed by atoms with Gasteiger partial charge in [-0.2, -0.15) is 0 Å². The summed E-state index contributed by atoms with van der Waals surface area (Å²) >= 11 is 0. The van der Waals surface area contributed by atoms with E-state index in [1.165, 1.54) is 12.1 Å². The first-order valence-electron chi connectivity index (χ1n) is 2.81. The fourth-order valence-corrected chi connectivity index (χ4v) is 0.621. The highest BCUT2D eigenvalue weighted by Gasteiger charge is 2.10. The quantitative estimate of drug-likeness (QED) is 0.691. The summed E-state index contributed by atoms with van der Waals surface area (Å²) in [6, 6.07) is 2.67. The molecule has 0 amide bonds. The van der Waals surface area contributed by atoms with Gasteiger partial charge in [-0.05, 0) is 12.1 Å². The lowest BCUT2D eigenvalue weighted by Gasteiger charge is -1.90. The number of nitrogens with two attached hydrogens (primary N) is 1. The van der Waals surface area contributed by atoms with E-state index in [-0.39, 0.29) is 12.3 Å². The highest BCUT2D eigenvalue weighted by molar-refractivity contribution is 5.07. The van der Waals surface area contributed by atoms with Gasteiger partial charge in [-0.1, -0.05) is 0 Å². The van der Waals surface area contributed by atoms with Crippen LogP contribution in [0.4, 0.5) is 8.78 Å². The first-order chi connectivity index (χ1) is 4.74. The van der Waals surface area contributed by atoms with Gasteiger partial charge in [-0.15, -0.1) is 0 Å². The molecule has 0 aromatic carbocycles. The van der Waals surface area contributed by atoms with E-state index in [0.29, 0.717) is 5.76 Å². The Bertz CT molecular complexity index is 209. The molecular formula is C6H7F2NO. The molecule has 0 radical (unpaired) electrons. The molecule has 0 aliphatic carbocycles.